The van der Waals surface area contributed by atoms with E-state index in [0.29, 0.717) is 11.3 Å². The fraction of sp³-hybridized carbons (Fsp3) is 0.188. The van der Waals surface area contributed by atoms with Gasteiger partial charge in [-0.2, -0.15) is 0 Å². The molecule has 1 amide bonds. The quantitative estimate of drug-likeness (QED) is 0.641. The lowest BCUT2D eigenvalue weighted by molar-refractivity contribution is 0.102. The van der Waals surface area contributed by atoms with Crippen LogP contribution in [0.4, 0.5) is 5.69 Å². The molecule has 0 aliphatic rings. The van der Waals surface area contributed by atoms with E-state index in [9.17, 15) is 21.6 Å². The molecular weight excluding hydrogens is 378 g/mol. The minimum absolute atomic E-state index is 0.0612. The third kappa shape index (κ3) is 5.63. The van der Waals surface area contributed by atoms with Crippen LogP contribution in [0.3, 0.4) is 0 Å². The first-order valence-corrected chi connectivity index (χ1v) is 10.8. The molecular formula is C16H19N3O5S2. The normalized spacial score (nSPS) is 11.9. The van der Waals surface area contributed by atoms with Crippen molar-refractivity contribution in [3.8, 4) is 0 Å². The zero-order chi connectivity index (χ0) is 19.4. The Bertz CT molecular complexity index is 1000. The number of primary sulfonamides is 1. The second kappa shape index (κ2) is 7.96. The maximum absolute atomic E-state index is 12.3. The average Bonchev–Trinajstić information content (AvgIpc) is 2.53. The smallest absolute Gasteiger partial charge is 0.255 e. The van der Waals surface area contributed by atoms with Gasteiger partial charge in [-0.15, -0.1) is 0 Å². The van der Waals surface area contributed by atoms with Crippen LogP contribution in [-0.4, -0.2) is 29.3 Å². The molecule has 10 heteroatoms. The molecule has 0 saturated heterocycles. The molecule has 2 aromatic rings. The average molecular weight is 397 g/mol. The molecule has 8 nitrogen and oxygen atoms in total. The number of nitrogens with one attached hydrogen (secondary N) is 2. The van der Waals surface area contributed by atoms with Gasteiger partial charge in [-0.3, -0.25) is 4.79 Å². The van der Waals surface area contributed by atoms with Crippen LogP contribution in [0.25, 0.3) is 0 Å². The van der Waals surface area contributed by atoms with E-state index in [1.807, 2.05) is 0 Å². The topological polar surface area (TPSA) is 135 Å². The maximum atomic E-state index is 12.3. The highest BCUT2D eigenvalue weighted by Crippen LogP contribution is 2.15. The van der Waals surface area contributed by atoms with Gasteiger partial charge in [0.1, 0.15) is 0 Å². The highest BCUT2D eigenvalue weighted by atomic mass is 32.2. The van der Waals surface area contributed by atoms with E-state index in [4.69, 9.17) is 5.14 Å². The highest BCUT2D eigenvalue weighted by Gasteiger charge is 2.14. The van der Waals surface area contributed by atoms with Crippen LogP contribution in [-0.2, 0) is 25.8 Å². The fourth-order valence-electron chi connectivity index (χ4n) is 2.23. The Morgan fingerprint density at radius 2 is 1.69 bits per heavy atom. The summed E-state index contributed by atoms with van der Waals surface area (Å²) in [4.78, 5) is 12.3. The van der Waals surface area contributed by atoms with E-state index in [-0.39, 0.29) is 22.8 Å². The number of hydrogen-bond donors (Lipinski definition) is 3. The van der Waals surface area contributed by atoms with Gasteiger partial charge in [-0.25, -0.2) is 26.7 Å². The standard InChI is InChI=1S/C16H19N3O5S2/c1-2-18-26(23,24)15-8-6-13(7-9-15)16(20)19-14-5-3-4-12(10-14)11-25(17,21)22/h3-10,18H,2,11H2,1H3,(H,19,20)(H2,17,21,22). The Kier molecular flexibility index (Phi) is 6.13. The molecule has 140 valence electrons. The van der Waals surface area contributed by atoms with E-state index >= 15 is 0 Å². The molecule has 0 aromatic heterocycles. The molecule has 0 saturated carbocycles. The molecule has 2 aromatic carbocycles. The molecule has 2 rings (SSSR count). The predicted octanol–water partition coefficient (Wildman–Crippen LogP) is 1.03. The number of carbonyl (C=O) groups is 1. The van der Waals surface area contributed by atoms with Gasteiger partial charge in [0.25, 0.3) is 5.91 Å². The summed E-state index contributed by atoms with van der Waals surface area (Å²) >= 11 is 0. The number of rotatable bonds is 7. The molecule has 26 heavy (non-hydrogen) atoms. The third-order valence-electron chi connectivity index (χ3n) is 3.31. The van der Waals surface area contributed by atoms with Gasteiger partial charge in [0.2, 0.25) is 20.0 Å². The van der Waals surface area contributed by atoms with Crippen molar-refractivity contribution in [3.05, 3.63) is 59.7 Å². The number of carbonyl (C=O) groups excluding carboxylic acids is 1. The van der Waals surface area contributed by atoms with Crippen LogP contribution < -0.4 is 15.2 Å². The zero-order valence-corrected chi connectivity index (χ0v) is 15.6. The number of amides is 1. The van der Waals surface area contributed by atoms with E-state index in [1.165, 1.54) is 30.3 Å². The van der Waals surface area contributed by atoms with Crippen molar-refractivity contribution in [3.63, 3.8) is 0 Å². The Morgan fingerprint density at radius 3 is 2.27 bits per heavy atom. The summed E-state index contributed by atoms with van der Waals surface area (Å²) < 4.78 is 48.4. The van der Waals surface area contributed by atoms with E-state index in [1.54, 1.807) is 25.1 Å². The van der Waals surface area contributed by atoms with Crippen molar-refractivity contribution in [2.45, 2.75) is 17.6 Å². The minimum Gasteiger partial charge on any atom is -0.322 e. The third-order valence-corrected chi connectivity index (χ3v) is 5.61. The number of hydrogen-bond acceptors (Lipinski definition) is 5. The molecule has 0 heterocycles. The first kappa shape index (κ1) is 20.0. The van der Waals surface area contributed by atoms with Crippen LogP contribution in [0.2, 0.25) is 0 Å². The Hall–Kier alpha value is -2.27. The van der Waals surface area contributed by atoms with Crippen LogP contribution >= 0.6 is 0 Å². The summed E-state index contributed by atoms with van der Waals surface area (Å²) in [5.74, 6) is -0.793. The molecule has 0 bridgehead atoms. The first-order valence-electron chi connectivity index (χ1n) is 7.61. The van der Waals surface area contributed by atoms with Gasteiger partial charge in [-0.05, 0) is 42.0 Å². The van der Waals surface area contributed by atoms with Crippen LogP contribution in [0.15, 0.2) is 53.4 Å². The molecule has 0 atom stereocenters. The van der Waals surface area contributed by atoms with Crippen molar-refractivity contribution in [2.75, 3.05) is 11.9 Å². The Balaban J connectivity index is 2.14. The van der Waals surface area contributed by atoms with Crippen molar-refractivity contribution in [1.82, 2.24) is 4.72 Å². The van der Waals surface area contributed by atoms with Gasteiger partial charge in [0.05, 0.1) is 10.6 Å². The molecule has 0 spiro atoms. The summed E-state index contributed by atoms with van der Waals surface area (Å²) in [6.45, 7) is 1.93. The number of benzene rings is 2. The summed E-state index contributed by atoms with van der Waals surface area (Å²) in [6.07, 6.45) is 0. The van der Waals surface area contributed by atoms with Gasteiger partial charge >= 0.3 is 0 Å². The van der Waals surface area contributed by atoms with Crippen molar-refractivity contribution < 1.29 is 21.6 Å². The lowest BCUT2D eigenvalue weighted by Gasteiger charge is -2.08. The van der Waals surface area contributed by atoms with E-state index in [0.717, 1.165) is 0 Å². The SMILES string of the molecule is CCNS(=O)(=O)c1ccc(C(=O)Nc2cccc(CS(N)(=O)=O)c2)cc1. The number of nitrogens with two attached hydrogens (primary N) is 1. The molecule has 0 aliphatic heterocycles. The highest BCUT2D eigenvalue weighted by molar-refractivity contribution is 7.89. The van der Waals surface area contributed by atoms with Crippen molar-refractivity contribution in [2.24, 2.45) is 5.14 Å². The van der Waals surface area contributed by atoms with Gasteiger partial charge in [0.15, 0.2) is 0 Å². The van der Waals surface area contributed by atoms with Crippen LogP contribution in [0.5, 0.6) is 0 Å². The Labute approximate surface area is 152 Å². The number of anilines is 1. The number of sulfonamides is 2. The lowest BCUT2D eigenvalue weighted by Crippen LogP contribution is -2.23. The Morgan fingerprint density at radius 1 is 1.04 bits per heavy atom. The summed E-state index contributed by atoms with van der Waals surface area (Å²) in [5.41, 5.74) is 1.11. The van der Waals surface area contributed by atoms with Crippen molar-refractivity contribution >= 4 is 31.6 Å². The maximum Gasteiger partial charge on any atom is 0.255 e. The van der Waals surface area contributed by atoms with Crippen molar-refractivity contribution in [1.29, 1.82) is 0 Å². The van der Waals surface area contributed by atoms with Gasteiger partial charge < -0.3 is 5.32 Å². The second-order valence-corrected chi connectivity index (χ2v) is 8.87. The molecule has 0 unspecified atom stereocenters. The summed E-state index contributed by atoms with van der Waals surface area (Å²) in [6, 6.07) is 11.8. The predicted molar refractivity (Wildman–Crippen MR) is 98.5 cm³/mol. The fourth-order valence-corrected chi connectivity index (χ4v) is 3.92. The van der Waals surface area contributed by atoms with E-state index < -0.39 is 26.0 Å². The second-order valence-electron chi connectivity index (χ2n) is 5.49. The molecule has 0 aliphatic carbocycles. The summed E-state index contributed by atoms with van der Waals surface area (Å²) in [5, 5.41) is 7.64. The van der Waals surface area contributed by atoms with Crippen LogP contribution in [0, 0.1) is 0 Å². The molecule has 0 fully saturated rings. The summed E-state index contributed by atoms with van der Waals surface area (Å²) in [7, 11) is -7.26. The van der Waals surface area contributed by atoms with Gasteiger partial charge in [0, 0.05) is 17.8 Å². The van der Waals surface area contributed by atoms with Crippen LogP contribution in [0.1, 0.15) is 22.8 Å². The molecule has 4 N–H and O–H groups in total. The van der Waals surface area contributed by atoms with Gasteiger partial charge in [-0.1, -0.05) is 19.1 Å². The first-order chi connectivity index (χ1) is 12.1. The lowest BCUT2D eigenvalue weighted by atomic mass is 10.2. The molecule has 0 radical (unpaired) electrons. The minimum atomic E-state index is -3.67. The monoisotopic (exact) mass is 397 g/mol. The zero-order valence-electron chi connectivity index (χ0n) is 14.0. The largest absolute Gasteiger partial charge is 0.322 e. The van der Waals surface area contributed by atoms with E-state index in [2.05, 4.69) is 10.0 Å².